The zero-order valence-electron chi connectivity index (χ0n) is 11.2. The molecule has 0 saturated carbocycles. The van der Waals surface area contributed by atoms with E-state index < -0.39 is 0 Å². The SMILES string of the molecule is CCCC(C)(C)Nc1c(C)c(Cl)nc2ncnn12. The Kier molecular flexibility index (Phi) is 3.43. The average Bonchev–Trinajstić information content (AvgIpc) is 2.72. The standard InChI is InChI=1S/C12H18ClN5/c1-5-6-12(3,4)17-10-8(2)9(13)16-11-14-7-15-18(10)11/h7,17H,5-6H2,1-4H3. The molecule has 0 fully saturated rings. The molecule has 0 aliphatic heterocycles. The molecule has 0 radical (unpaired) electrons. The van der Waals surface area contributed by atoms with Crippen molar-refractivity contribution in [3.63, 3.8) is 0 Å². The largest absolute Gasteiger partial charge is 0.365 e. The molecule has 18 heavy (non-hydrogen) atoms. The van der Waals surface area contributed by atoms with Gasteiger partial charge in [0.05, 0.1) is 0 Å². The zero-order chi connectivity index (χ0) is 13.3. The van der Waals surface area contributed by atoms with Gasteiger partial charge in [-0.15, -0.1) is 0 Å². The third-order valence-corrected chi connectivity index (χ3v) is 3.30. The van der Waals surface area contributed by atoms with E-state index in [-0.39, 0.29) is 5.54 Å². The summed E-state index contributed by atoms with van der Waals surface area (Å²) in [5.41, 5.74) is 0.863. The van der Waals surface area contributed by atoms with Crippen LogP contribution < -0.4 is 5.32 Å². The first-order chi connectivity index (χ1) is 8.44. The molecule has 2 heterocycles. The van der Waals surface area contributed by atoms with Crippen molar-refractivity contribution in [2.24, 2.45) is 0 Å². The monoisotopic (exact) mass is 267 g/mol. The molecule has 1 N–H and O–H groups in total. The highest BCUT2D eigenvalue weighted by Crippen LogP contribution is 2.26. The van der Waals surface area contributed by atoms with Gasteiger partial charge in [0.1, 0.15) is 17.3 Å². The molecular formula is C12H18ClN5. The maximum Gasteiger partial charge on any atom is 0.255 e. The number of nitrogens with zero attached hydrogens (tertiary/aromatic N) is 4. The minimum Gasteiger partial charge on any atom is -0.365 e. The van der Waals surface area contributed by atoms with Gasteiger partial charge in [-0.3, -0.25) is 0 Å². The molecule has 98 valence electrons. The minimum atomic E-state index is -0.0247. The Morgan fingerprint density at radius 2 is 2.17 bits per heavy atom. The lowest BCUT2D eigenvalue weighted by molar-refractivity contribution is 0.506. The molecule has 0 aliphatic carbocycles. The average molecular weight is 268 g/mol. The number of fused-ring (bicyclic) bond motifs is 1. The molecular weight excluding hydrogens is 250 g/mol. The van der Waals surface area contributed by atoms with Gasteiger partial charge in [0.2, 0.25) is 0 Å². The molecule has 0 atom stereocenters. The van der Waals surface area contributed by atoms with Gasteiger partial charge >= 0.3 is 0 Å². The lowest BCUT2D eigenvalue weighted by Crippen LogP contribution is -2.32. The zero-order valence-corrected chi connectivity index (χ0v) is 11.9. The van der Waals surface area contributed by atoms with Gasteiger partial charge in [0, 0.05) is 11.1 Å². The molecule has 0 bridgehead atoms. The van der Waals surface area contributed by atoms with E-state index in [2.05, 4.69) is 41.2 Å². The second-order valence-electron chi connectivity index (χ2n) is 5.11. The molecule has 2 aromatic heterocycles. The third kappa shape index (κ3) is 2.41. The second-order valence-corrected chi connectivity index (χ2v) is 5.46. The van der Waals surface area contributed by atoms with Crippen LogP contribution >= 0.6 is 11.6 Å². The number of rotatable bonds is 4. The lowest BCUT2D eigenvalue weighted by atomic mass is 9.99. The topological polar surface area (TPSA) is 55.1 Å². The van der Waals surface area contributed by atoms with Gasteiger partial charge in [-0.2, -0.15) is 19.6 Å². The maximum atomic E-state index is 6.12. The van der Waals surface area contributed by atoms with Crippen molar-refractivity contribution < 1.29 is 0 Å². The lowest BCUT2D eigenvalue weighted by Gasteiger charge is -2.28. The molecule has 0 aliphatic rings. The minimum absolute atomic E-state index is 0.0247. The van der Waals surface area contributed by atoms with Crippen LogP contribution in [-0.2, 0) is 0 Å². The number of hydrogen-bond donors (Lipinski definition) is 1. The quantitative estimate of drug-likeness (QED) is 0.865. The van der Waals surface area contributed by atoms with Crippen molar-refractivity contribution in [2.75, 3.05) is 5.32 Å². The fourth-order valence-electron chi connectivity index (χ4n) is 2.05. The Bertz CT molecular complexity index is 561. The molecule has 5 nitrogen and oxygen atoms in total. The van der Waals surface area contributed by atoms with Crippen molar-refractivity contribution in [1.82, 2.24) is 19.6 Å². The summed E-state index contributed by atoms with van der Waals surface area (Å²) in [5.74, 6) is 1.38. The maximum absolute atomic E-state index is 6.12. The van der Waals surface area contributed by atoms with E-state index in [1.807, 2.05) is 6.92 Å². The fourth-order valence-corrected chi connectivity index (χ4v) is 2.22. The van der Waals surface area contributed by atoms with Gasteiger partial charge < -0.3 is 5.32 Å². The highest BCUT2D eigenvalue weighted by molar-refractivity contribution is 6.30. The Morgan fingerprint density at radius 1 is 1.44 bits per heavy atom. The molecule has 0 amide bonds. The number of nitrogens with one attached hydrogen (secondary N) is 1. The van der Waals surface area contributed by atoms with E-state index in [1.165, 1.54) is 6.33 Å². The third-order valence-electron chi connectivity index (χ3n) is 2.94. The van der Waals surface area contributed by atoms with Crippen molar-refractivity contribution >= 4 is 23.2 Å². The van der Waals surface area contributed by atoms with Crippen molar-refractivity contribution in [3.8, 4) is 0 Å². The molecule has 2 rings (SSSR count). The normalized spacial score (nSPS) is 12.1. The van der Waals surface area contributed by atoms with Crippen LogP contribution in [0.15, 0.2) is 6.33 Å². The van der Waals surface area contributed by atoms with Crippen LogP contribution in [0.4, 0.5) is 5.82 Å². The fraction of sp³-hybridized carbons (Fsp3) is 0.583. The van der Waals surface area contributed by atoms with E-state index in [4.69, 9.17) is 11.6 Å². The molecule has 0 spiro atoms. The smallest absolute Gasteiger partial charge is 0.255 e. The van der Waals surface area contributed by atoms with Gasteiger partial charge in [0.25, 0.3) is 5.78 Å². The van der Waals surface area contributed by atoms with E-state index in [1.54, 1.807) is 4.52 Å². The summed E-state index contributed by atoms with van der Waals surface area (Å²) in [7, 11) is 0. The van der Waals surface area contributed by atoms with Crippen LogP contribution in [0.25, 0.3) is 5.78 Å². The number of halogens is 1. The second kappa shape index (κ2) is 4.72. The van der Waals surface area contributed by atoms with Crippen molar-refractivity contribution in [1.29, 1.82) is 0 Å². The van der Waals surface area contributed by atoms with E-state index >= 15 is 0 Å². The Labute approximate surface area is 112 Å². The molecule has 2 aromatic rings. The Balaban J connectivity index is 2.49. The summed E-state index contributed by atoms with van der Waals surface area (Å²) in [6.07, 6.45) is 3.65. The summed E-state index contributed by atoms with van der Waals surface area (Å²) < 4.78 is 1.69. The highest BCUT2D eigenvalue weighted by Gasteiger charge is 2.21. The van der Waals surface area contributed by atoms with Gasteiger partial charge in [-0.25, -0.2) is 0 Å². The number of aromatic nitrogens is 4. The Morgan fingerprint density at radius 3 is 2.83 bits per heavy atom. The van der Waals surface area contributed by atoms with Crippen LogP contribution in [0.1, 0.15) is 39.2 Å². The molecule has 0 unspecified atom stereocenters. The summed E-state index contributed by atoms with van der Waals surface area (Å²) in [6.45, 7) is 8.42. The van der Waals surface area contributed by atoms with Crippen molar-refractivity contribution in [2.45, 2.75) is 46.1 Å². The first kappa shape index (κ1) is 13.1. The number of anilines is 1. The van der Waals surface area contributed by atoms with Crippen LogP contribution in [0, 0.1) is 6.92 Å². The van der Waals surface area contributed by atoms with E-state index in [0.29, 0.717) is 10.9 Å². The first-order valence-corrected chi connectivity index (χ1v) is 6.46. The van der Waals surface area contributed by atoms with Gasteiger partial charge in [-0.1, -0.05) is 24.9 Å². The van der Waals surface area contributed by atoms with Crippen LogP contribution in [0.5, 0.6) is 0 Å². The molecule has 0 saturated heterocycles. The van der Waals surface area contributed by atoms with Crippen LogP contribution in [0.2, 0.25) is 5.15 Å². The number of hydrogen-bond acceptors (Lipinski definition) is 4. The summed E-state index contributed by atoms with van der Waals surface area (Å²) in [6, 6.07) is 0. The van der Waals surface area contributed by atoms with Gasteiger partial charge in [-0.05, 0) is 27.2 Å². The summed E-state index contributed by atoms with van der Waals surface area (Å²) in [4.78, 5) is 8.26. The van der Waals surface area contributed by atoms with Crippen LogP contribution in [0.3, 0.4) is 0 Å². The van der Waals surface area contributed by atoms with E-state index in [0.717, 1.165) is 24.2 Å². The molecule has 6 heteroatoms. The molecule has 0 aromatic carbocycles. The first-order valence-electron chi connectivity index (χ1n) is 6.08. The predicted octanol–water partition coefficient (Wildman–Crippen LogP) is 3.08. The van der Waals surface area contributed by atoms with Gasteiger partial charge in [0.15, 0.2) is 0 Å². The summed E-state index contributed by atoms with van der Waals surface area (Å²) >= 11 is 6.12. The Hall–Kier alpha value is -1.36. The van der Waals surface area contributed by atoms with Crippen LogP contribution in [-0.4, -0.2) is 25.1 Å². The highest BCUT2D eigenvalue weighted by atomic mass is 35.5. The summed E-state index contributed by atoms with van der Waals surface area (Å²) in [5, 5.41) is 8.14. The van der Waals surface area contributed by atoms with E-state index in [9.17, 15) is 0 Å². The predicted molar refractivity (Wildman–Crippen MR) is 73.1 cm³/mol. The van der Waals surface area contributed by atoms with Crippen molar-refractivity contribution in [3.05, 3.63) is 17.0 Å².